The minimum Gasteiger partial charge on any atom is -0.507 e. The van der Waals surface area contributed by atoms with Gasteiger partial charge >= 0.3 is 11.9 Å². The summed E-state index contributed by atoms with van der Waals surface area (Å²) in [6, 6.07) is 17.4. The maximum absolute atomic E-state index is 13.4. The van der Waals surface area contributed by atoms with Crippen LogP contribution in [-0.2, 0) is 20.9 Å². The van der Waals surface area contributed by atoms with E-state index < -0.39 is 24.0 Å². The molecule has 3 aromatic rings. The Balaban J connectivity index is 1.42. The number of ether oxygens (including phenoxy) is 3. The van der Waals surface area contributed by atoms with Crippen LogP contribution in [0.3, 0.4) is 0 Å². The zero-order chi connectivity index (χ0) is 31.2. The molecular weight excluding hydrogens is 556 g/mol. The van der Waals surface area contributed by atoms with Gasteiger partial charge in [-0.25, -0.2) is 4.79 Å². The Bertz CT molecular complexity index is 1530. The van der Waals surface area contributed by atoms with E-state index in [1.54, 1.807) is 19.1 Å². The first kappa shape index (κ1) is 31.0. The smallest absolute Gasteiger partial charge is 0.342 e. The number of benzene rings is 3. The molecule has 3 aromatic carbocycles. The highest BCUT2D eigenvalue weighted by Gasteiger charge is 2.35. The first-order valence-electron chi connectivity index (χ1n) is 15.5. The van der Waals surface area contributed by atoms with Crippen LogP contribution in [-0.4, -0.2) is 28.9 Å². The number of fused-ring (bicyclic) bond motifs is 2. The number of rotatable bonds is 5. The van der Waals surface area contributed by atoms with Gasteiger partial charge in [-0.1, -0.05) is 62.4 Å². The number of esters is 2. The van der Waals surface area contributed by atoms with Crippen LogP contribution in [0.2, 0.25) is 0 Å². The lowest BCUT2D eigenvalue weighted by Crippen LogP contribution is -2.23. The van der Waals surface area contributed by atoms with Crippen LogP contribution in [0, 0.1) is 0 Å². The first-order chi connectivity index (χ1) is 21.2. The van der Waals surface area contributed by atoms with Gasteiger partial charge in [0.1, 0.15) is 35.2 Å². The lowest BCUT2D eigenvalue weighted by atomic mass is 9.83. The molecule has 0 fully saturated rings. The maximum Gasteiger partial charge on any atom is 0.342 e. The topological polar surface area (TPSA) is 99.1 Å². The van der Waals surface area contributed by atoms with Crippen molar-refractivity contribution in [3.05, 3.63) is 94.1 Å². The van der Waals surface area contributed by atoms with E-state index in [1.165, 1.54) is 5.56 Å². The fourth-order valence-electron chi connectivity index (χ4n) is 5.77. The first-order valence-corrected chi connectivity index (χ1v) is 15.5. The number of cyclic esters (lactones) is 1. The van der Waals surface area contributed by atoms with E-state index in [0.717, 1.165) is 11.1 Å². The van der Waals surface area contributed by atoms with Crippen LogP contribution in [0.5, 0.6) is 17.2 Å². The van der Waals surface area contributed by atoms with Crippen molar-refractivity contribution in [3.63, 3.8) is 0 Å². The molecule has 2 aliphatic rings. The van der Waals surface area contributed by atoms with Crippen molar-refractivity contribution >= 4 is 23.8 Å². The number of carbonyl (C=O) groups is 3. The number of hydrogen-bond acceptors (Lipinski definition) is 7. The molecule has 2 heterocycles. The number of carbonyl (C=O) groups excluding carboxylic acids is 3. The van der Waals surface area contributed by atoms with Crippen molar-refractivity contribution in [1.82, 2.24) is 0 Å². The van der Waals surface area contributed by atoms with Crippen molar-refractivity contribution in [2.45, 2.75) is 90.3 Å². The van der Waals surface area contributed by atoms with Crippen LogP contribution in [0.4, 0.5) is 0 Å². The molecule has 7 nitrogen and oxygen atoms in total. The van der Waals surface area contributed by atoms with Gasteiger partial charge in [0.05, 0.1) is 12.5 Å². The normalized spacial score (nSPS) is 19.4. The van der Waals surface area contributed by atoms with Gasteiger partial charge in [-0.05, 0) is 79.0 Å². The molecule has 0 radical (unpaired) electrons. The second-order valence-corrected chi connectivity index (χ2v) is 12.0. The summed E-state index contributed by atoms with van der Waals surface area (Å²) in [5, 5.41) is 11.6. The maximum atomic E-state index is 13.4. The number of allylic oxidation sites excluding steroid dienone is 1. The van der Waals surface area contributed by atoms with Gasteiger partial charge < -0.3 is 19.3 Å². The van der Waals surface area contributed by atoms with Crippen molar-refractivity contribution < 1.29 is 33.7 Å². The summed E-state index contributed by atoms with van der Waals surface area (Å²) in [5.74, 6) is -0.280. The molecular formula is C37H40O7. The van der Waals surface area contributed by atoms with E-state index in [-0.39, 0.29) is 29.3 Å². The summed E-state index contributed by atoms with van der Waals surface area (Å²) >= 11 is 0. The summed E-state index contributed by atoms with van der Waals surface area (Å²) in [6.07, 6.45) is 6.63. The third-order valence-corrected chi connectivity index (χ3v) is 8.31. The van der Waals surface area contributed by atoms with E-state index >= 15 is 0 Å². The van der Waals surface area contributed by atoms with E-state index in [4.69, 9.17) is 14.2 Å². The molecule has 0 bridgehead atoms. The summed E-state index contributed by atoms with van der Waals surface area (Å²) < 4.78 is 17.3. The monoisotopic (exact) mass is 596 g/mol. The number of aromatic hydroxyl groups is 1. The van der Waals surface area contributed by atoms with Gasteiger partial charge in [0, 0.05) is 24.3 Å². The minimum absolute atomic E-state index is 0.0110. The molecule has 44 heavy (non-hydrogen) atoms. The summed E-state index contributed by atoms with van der Waals surface area (Å²) in [6.45, 7) is 6.53. The predicted molar refractivity (Wildman–Crippen MR) is 168 cm³/mol. The Hall–Kier alpha value is -4.39. The molecule has 5 rings (SSSR count). The number of Topliss-reactive ketones (excluding diaryl/α,β-unsaturated/α-hetero) is 1. The van der Waals surface area contributed by atoms with E-state index in [0.29, 0.717) is 67.9 Å². The van der Waals surface area contributed by atoms with Gasteiger partial charge in [-0.3, -0.25) is 9.59 Å². The highest BCUT2D eigenvalue weighted by atomic mass is 16.5. The van der Waals surface area contributed by atoms with Crippen LogP contribution >= 0.6 is 0 Å². The van der Waals surface area contributed by atoms with Crippen molar-refractivity contribution in [1.29, 1.82) is 0 Å². The van der Waals surface area contributed by atoms with Crippen LogP contribution in [0.25, 0.3) is 6.08 Å². The molecule has 2 unspecified atom stereocenters. The highest BCUT2D eigenvalue weighted by molar-refractivity contribution is 5.98. The van der Waals surface area contributed by atoms with Crippen LogP contribution in [0.15, 0.2) is 60.7 Å². The number of ketones is 1. The second-order valence-electron chi connectivity index (χ2n) is 12.0. The van der Waals surface area contributed by atoms with E-state index in [1.807, 2.05) is 30.3 Å². The molecule has 0 saturated carbocycles. The summed E-state index contributed by atoms with van der Waals surface area (Å²) in [7, 11) is 0. The molecule has 0 aromatic heterocycles. The van der Waals surface area contributed by atoms with E-state index in [9.17, 15) is 19.5 Å². The Morgan fingerprint density at radius 2 is 1.70 bits per heavy atom. The SMILES string of the molecule is CC1CCCC(=O)CCCC=Cc2cc3c(c(O)c2C(=O)O1)C(c1ccc(OCc2ccc(C(C)C)cc2)cc1)CC(=O)O3. The predicted octanol–water partition coefficient (Wildman–Crippen LogP) is 8.02. The fourth-order valence-corrected chi connectivity index (χ4v) is 5.77. The number of phenols is 1. The summed E-state index contributed by atoms with van der Waals surface area (Å²) in [4.78, 5) is 38.3. The lowest BCUT2D eigenvalue weighted by Gasteiger charge is -2.28. The van der Waals surface area contributed by atoms with Crippen molar-refractivity contribution in [2.75, 3.05) is 0 Å². The van der Waals surface area contributed by atoms with Gasteiger partial charge in [0.2, 0.25) is 0 Å². The van der Waals surface area contributed by atoms with Gasteiger partial charge in [0.15, 0.2) is 0 Å². The second kappa shape index (κ2) is 13.9. The van der Waals surface area contributed by atoms with Gasteiger partial charge in [-0.15, -0.1) is 0 Å². The number of phenolic OH excluding ortho intramolecular Hbond substituents is 1. The van der Waals surface area contributed by atoms with E-state index in [2.05, 4.69) is 38.1 Å². The van der Waals surface area contributed by atoms with Crippen molar-refractivity contribution in [2.24, 2.45) is 0 Å². The quantitative estimate of drug-likeness (QED) is 0.235. The lowest BCUT2D eigenvalue weighted by molar-refractivity contribution is -0.135. The molecule has 7 heteroatoms. The molecule has 0 aliphatic carbocycles. The Kier molecular flexibility index (Phi) is 9.83. The summed E-state index contributed by atoms with van der Waals surface area (Å²) in [5.41, 5.74) is 3.96. The molecule has 0 amide bonds. The Morgan fingerprint density at radius 3 is 2.43 bits per heavy atom. The van der Waals surface area contributed by atoms with Gasteiger partial charge in [0.25, 0.3) is 0 Å². The zero-order valence-electron chi connectivity index (χ0n) is 25.6. The third kappa shape index (κ3) is 7.39. The largest absolute Gasteiger partial charge is 0.507 e. The zero-order valence-corrected chi connectivity index (χ0v) is 25.6. The van der Waals surface area contributed by atoms with Crippen molar-refractivity contribution in [3.8, 4) is 17.2 Å². The molecule has 0 saturated heterocycles. The minimum atomic E-state index is -0.651. The molecule has 2 aliphatic heterocycles. The average Bonchev–Trinajstić information content (AvgIpc) is 2.99. The standard InChI is InChI=1S/C37H40O7/c1-23(2)26-14-12-25(13-15-26)22-42-30-18-16-27(17-19-30)31-21-33(39)44-32-20-28-9-5-4-6-10-29(38)11-7-8-24(3)43-37(41)34(28)36(40)35(31)32/h5,9,12-20,23-24,31,40H,4,6-8,10-11,21-22H2,1-3H3. The molecule has 2 atom stereocenters. The third-order valence-electron chi connectivity index (χ3n) is 8.31. The Labute approximate surface area is 258 Å². The molecule has 230 valence electrons. The fraction of sp³-hybridized carbons (Fsp3) is 0.378. The Morgan fingerprint density at radius 1 is 0.977 bits per heavy atom. The molecule has 1 N–H and O–H groups in total. The van der Waals surface area contributed by atoms with Gasteiger partial charge in [-0.2, -0.15) is 0 Å². The highest BCUT2D eigenvalue weighted by Crippen LogP contribution is 2.47. The average molecular weight is 597 g/mol. The molecule has 0 spiro atoms. The number of hydrogen-bond donors (Lipinski definition) is 1. The van der Waals surface area contributed by atoms with Crippen LogP contribution in [0.1, 0.15) is 116 Å². The van der Waals surface area contributed by atoms with Crippen LogP contribution < -0.4 is 9.47 Å².